The van der Waals surface area contributed by atoms with E-state index in [4.69, 9.17) is 10.00 Å². The van der Waals surface area contributed by atoms with Crippen LogP contribution in [0.3, 0.4) is 0 Å². The van der Waals surface area contributed by atoms with Crippen LogP contribution in [0.25, 0.3) is 10.9 Å². The van der Waals surface area contributed by atoms with E-state index >= 15 is 0 Å². The average molecular weight is 347 g/mol. The second-order valence-electron chi connectivity index (χ2n) is 6.91. The third-order valence-corrected chi connectivity index (χ3v) is 5.16. The third kappa shape index (κ3) is 1.98. The van der Waals surface area contributed by atoms with Gasteiger partial charge in [-0.25, -0.2) is 0 Å². The monoisotopic (exact) mass is 347 g/mol. The molecule has 0 saturated carbocycles. The molecule has 3 N–H and O–H groups in total. The van der Waals surface area contributed by atoms with E-state index in [0.717, 1.165) is 22.2 Å². The minimum Gasteiger partial charge on any atom is -0.494 e. The van der Waals surface area contributed by atoms with E-state index in [2.05, 4.69) is 16.5 Å². The Kier molecular flexibility index (Phi) is 3.33. The highest BCUT2D eigenvalue weighted by molar-refractivity contribution is 6.20. The predicted octanol–water partition coefficient (Wildman–Crippen LogP) is 3.72. The summed E-state index contributed by atoms with van der Waals surface area (Å²) in [7, 11) is 1.51. The van der Waals surface area contributed by atoms with Gasteiger partial charge in [-0.3, -0.25) is 15.5 Å². The number of nitrogens with one attached hydrogen (secondary N) is 2. The van der Waals surface area contributed by atoms with E-state index < -0.39 is 5.41 Å². The first-order valence-corrected chi connectivity index (χ1v) is 8.16. The van der Waals surface area contributed by atoms with Gasteiger partial charge in [-0.15, -0.1) is 0 Å². The lowest BCUT2D eigenvalue weighted by Gasteiger charge is -2.32. The van der Waals surface area contributed by atoms with E-state index in [1.807, 2.05) is 13.8 Å². The van der Waals surface area contributed by atoms with Gasteiger partial charge in [-0.1, -0.05) is 19.9 Å². The fourth-order valence-electron chi connectivity index (χ4n) is 3.78. The summed E-state index contributed by atoms with van der Waals surface area (Å²) in [5.41, 5.74) is 6.00. The number of methoxy groups -OCH3 is 1. The van der Waals surface area contributed by atoms with Crippen molar-refractivity contribution in [3.05, 3.63) is 58.3 Å². The van der Waals surface area contributed by atoms with Crippen LogP contribution in [-0.4, -0.2) is 23.1 Å². The van der Waals surface area contributed by atoms with Gasteiger partial charge in [0.05, 0.1) is 24.3 Å². The third-order valence-electron chi connectivity index (χ3n) is 5.16. The topological polar surface area (TPSA) is 98.1 Å². The minimum atomic E-state index is -0.480. The van der Waals surface area contributed by atoms with Crippen LogP contribution >= 0.6 is 0 Å². The van der Waals surface area contributed by atoms with Crippen molar-refractivity contribution in [1.82, 2.24) is 4.98 Å². The molecule has 0 fully saturated rings. The van der Waals surface area contributed by atoms with E-state index in [-0.39, 0.29) is 5.78 Å². The SMILES string of the molecule is COc1cc2c(cc1NO)C(=O)c1c([nH]c3cc(C#N)ccc13)C2(C)C. The number of anilines is 1. The molecule has 0 atom stereocenters. The molecule has 4 rings (SSSR count). The van der Waals surface area contributed by atoms with E-state index in [1.54, 1.807) is 30.3 Å². The van der Waals surface area contributed by atoms with Crippen LogP contribution in [0.2, 0.25) is 0 Å². The molecule has 6 nitrogen and oxygen atoms in total. The second-order valence-corrected chi connectivity index (χ2v) is 6.91. The molecule has 1 aromatic heterocycles. The van der Waals surface area contributed by atoms with Crippen LogP contribution in [0, 0.1) is 11.3 Å². The molecule has 0 spiro atoms. The van der Waals surface area contributed by atoms with Crippen molar-refractivity contribution in [2.45, 2.75) is 19.3 Å². The lowest BCUT2D eigenvalue weighted by atomic mass is 9.71. The predicted molar refractivity (Wildman–Crippen MR) is 97.0 cm³/mol. The number of benzene rings is 2. The maximum atomic E-state index is 13.3. The largest absolute Gasteiger partial charge is 0.494 e. The Morgan fingerprint density at radius 3 is 2.69 bits per heavy atom. The van der Waals surface area contributed by atoms with Gasteiger partial charge in [-0.2, -0.15) is 5.26 Å². The molecule has 1 heterocycles. The second kappa shape index (κ2) is 5.35. The molecule has 0 aliphatic heterocycles. The summed E-state index contributed by atoms with van der Waals surface area (Å²) in [5, 5.41) is 19.3. The number of rotatable bonds is 2. The Balaban J connectivity index is 2.05. The maximum absolute atomic E-state index is 13.3. The molecule has 2 aromatic carbocycles. The summed E-state index contributed by atoms with van der Waals surface area (Å²) >= 11 is 0. The summed E-state index contributed by atoms with van der Waals surface area (Å²) in [4.78, 5) is 16.6. The Labute approximate surface area is 150 Å². The Hall–Kier alpha value is -3.30. The molecule has 1 aliphatic rings. The molecule has 130 valence electrons. The first-order chi connectivity index (χ1) is 12.4. The summed E-state index contributed by atoms with van der Waals surface area (Å²) < 4.78 is 5.33. The molecular weight excluding hydrogens is 330 g/mol. The van der Waals surface area contributed by atoms with Gasteiger partial charge in [0.15, 0.2) is 5.78 Å². The van der Waals surface area contributed by atoms with Crippen LogP contribution < -0.4 is 10.2 Å². The zero-order valence-corrected chi connectivity index (χ0v) is 14.6. The molecular formula is C20H17N3O3. The number of hydrogen-bond acceptors (Lipinski definition) is 5. The Morgan fingerprint density at radius 1 is 1.27 bits per heavy atom. The summed E-state index contributed by atoms with van der Waals surface area (Å²) in [6.07, 6.45) is 0. The molecule has 0 radical (unpaired) electrons. The van der Waals surface area contributed by atoms with Crippen LogP contribution in [0.1, 0.15) is 46.6 Å². The number of H-pyrrole nitrogens is 1. The van der Waals surface area contributed by atoms with Crippen molar-refractivity contribution in [3.63, 3.8) is 0 Å². The smallest absolute Gasteiger partial charge is 0.195 e. The number of hydrogen-bond donors (Lipinski definition) is 3. The standard InChI is InChI=1S/C20H17N3O3/c1-20(2)13-8-16(26-3)15(23-25)7-12(13)18(24)17-11-5-4-10(9-21)6-14(11)22-19(17)20/h4-8,22-23,25H,1-3H3. The number of ketones is 1. The number of carbonyl (C=O) groups is 1. The van der Waals surface area contributed by atoms with Crippen LogP contribution in [0.15, 0.2) is 30.3 Å². The van der Waals surface area contributed by atoms with Crippen LogP contribution in [0.5, 0.6) is 5.75 Å². The zero-order chi connectivity index (χ0) is 18.6. The van der Waals surface area contributed by atoms with Gasteiger partial charge in [0.1, 0.15) is 11.4 Å². The van der Waals surface area contributed by atoms with Gasteiger partial charge in [0.2, 0.25) is 0 Å². The number of aromatic amines is 1. The number of aromatic nitrogens is 1. The molecule has 0 saturated heterocycles. The highest BCUT2D eigenvalue weighted by Crippen LogP contribution is 2.46. The summed E-state index contributed by atoms with van der Waals surface area (Å²) in [6, 6.07) is 10.8. The Morgan fingerprint density at radius 2 is 2.04 bits per heavy atom. The first kappa shape index (κ1) is 16.2. The van der Waals surface area contributed by atoms with E-state index in [1.165, 1.54) is 7.11 Å². The molecule has 3 aromatic rings. The van der Waals surface area contributed by atoms with Crippen molar-refractivity contribution in [3.8, 4) is 11.8 Å². The minimum absolute atomic E-state index is 0.121. The quantitative estimate of drug-likeness (QED) is 0.614. The number of carbonyl (C=O) groups excluding carboxylic acids is 1. The average Bonchev–Trinajstić information content (AvgIpc) is 3.05. The number of nitriles is 1. The lowest BCUT2D eigenvalue weighted by Crippen LogP contribution is -2.30. The van der Waals surface area contributed by atoms with Crippen molar-refractivity contribution >= 4 is 22.4 Å². The van der Waals surface area contributed by atoms with Crippen molar-refractivity contribution in [1.29, 1.82) is 5.26 Å². The number of ether oxygens (including phenoxy) is 1. The molecule has 0 amide bonds. The molecule has 26 heavy (non-hydrogen) atoms. The molecule has 6 heteroatoms. The summed E-state index contributed by atoms with van der Waals surface area (Å²) in [6.45, 7) is 4.06. The van der Waals surface area contributed by atoms with Gasteiger partial charge >= 0.3 is 0 Å². The van der Waals surface area contributed by atoms with Crippen LogP contribution in [0.4, 0.5) is 5.69 Å². The van der Waals surface area contributed by atoms with Crippen LogP contribution in [-0.2, 0) is 5.41 Å². The molecule has 0 unspecified atom stereocenters. The van der Waals surface area contributed by atoms with Gasteiger partial charge < -0.3 is 9.72 Å². The van der Waals surface area contributed by atoms with Crippen molar-refractivity contribution in [2.75, 3.05) is 12.6 Å². The first-order valence-electron chi connectivity index (χ1n) is 8.16. The molecule has 0 bridgehead atoms. The normalized spacial score (nSPS) is 14.5. The fraction of sp³-hybridized carbons (Fsp3) is 0.200. The zero-order valence-electron chi connectivity index (χ0n) is 14.6. The van der Waals surface area contributed by atoms with Gasteiger partial charge in [0.25, 0.3) is 0 Å². The Bertz CT molecular complexity index is 1120. The number of nitrogens with zero attached hydrogens (tertiary/aromatic N) is 1. The van der Waals surface area contributed by atoms with Gasteiger partial charge in [0, 0.05) is 27.6 Å². The fourth-order valence-corrected chi connectivity index (χ4v) is 3.78. The molecule has 1 aliphatic carbocycles. The highest BCUT2D eigenvalue weighted by Gasteiger charge is 2.40. The lowest BCUT2D eigenvalue weighted by molar-refractivity contribution is 0.103. The van der Waals surface area contributed by atoms with Gasteiger partial charge in [-0.05, 0) is 29.8 Å². The maximum Gasteiger partial charge on any atom is 0.195 e. The number of fused-ring (bicyclic) bond motifs is 4. The van der Waals surface area contributed by atoms with E-state index in [0.29, 0.717) is 28.1 Å². The van der Waals surface area contributed by atoms with Crippen molar-refractivity contribution < 1.29 is 14.7 Å². The highest BCUT2D eigenvalue weighted by atomic mass is 16.5. The van der Waals surface area contributed by atoms with E-state index in [9.17, 15) is 10.0 Å². The van der Waals surface area contributed by atoms with Crippen molar-refractivity contribution in [2.24, 2.45) is 0 Å². The summed E-state index contributed by atoms with van der Waals surface area (Å²) in [5.74, 6) is 0.336.